The maximum atomic E-state index is 13.9. The van der Waals surface area contributed by atoms with Crippen molar-refractivity contribution in [3.05, 3.63) is 113 Å². The Morgan fingerprint density at radius 2 is 1.15 bits per heavy atom. The lowest BCUT2D eigenvalue weighted by Gasteiger charge is -2.20. The monoisotopic (exact) mass is 822 g/mol. The first kappa shape index (κ1) is 44.5. The minimum absolute atomic E-state index is 0.0500. The minimum Gasteiger partial charge on any atom is -0.481 e. The number of methoxy groups -OCH3 is 2. The third kappa shape index (κ3) is 11.6. The van der Waals surface area contributed by atoms with Crippen LogP contribution in [0.5, 0.6) is 0 Å². The van der Waals surface area contributed by atoms with Crippen molar-refractivity contribution in [1.82, 2.24) is 9.97 Å². The molecule has 19 heteroatoms. The van der Waals surface area contributed by atoms with Crippen LogP contribution in [0, 0.1) is 37.1 Å². The van der Waals surface area contributed by atoms with Gasteiger partial charge in [0.25, 0.3) is 0 Å². The van der Waals surface area contributed by atoms with Crippen LogP contribution in [0.15, 0.2) is 36.4 Å². The maximum Gasteiger partial charge on any atom is 0.343 e. The third-order valence-electron chi connectivity index (χ3n) is 6.82. The lowest BCUT2D eigenvalue weighted by Crippen LogP contribution is -2.31. The minimum atomic E-state index is -1.26. The number of likely N-dealkylation sites (N-methyl/N-ethyl adjacent to an activating group) is 1. The molecule has 2 N–H and O–H groups in total. The number of ether oxygens (including phenoxy) is 2. The van der Waals surface area contributed by atoms with Crippen LogP contribution in [0.25, 0.3) is 0 Å². The van der Waals surface area contributed by atoms with Crippen LogP contribution in [-0.2, 0) is 31.9 Å². The van der Waals surface area contributed by atoms with E-state index in [2.05, 4.69) is 24.8 Å². The summed E-state index contributed by atoms with van der Waals surface area (Å²) in [6.45, 7) is 3.42. The lowest BCUT2D eigenvalue weighted by molar-refractivity contribution is -0.136. The predicted molar refractivity (Wildman–Crippen MR) is 191 cm³/mol. The molecule has 0 radical (unpaired) electrons. The maximum absolute atomic E-state index is 13.9. The molecule has 1 amide bonds. The van der Waals surface area contributed by atoms with Gasteiger partial charge < -0.3 is 19.9 Å². The molecule has 0 atom stereocenters. The van der Waals surface area contributed by atoms with Crippen molar-refractivity contribution >= 4 is 81.9 Å². The van der Waals surface area contributed by atoms with Gasteiger partial charge in [0.2, 0.25) is 5.91 Å². The van der Waals surface area contributed by atoms with Gasteiger partial charge in [-0.3, -0.25) is 14.5 Å². The number of pyridine rings is 2. The first-order valence-electron chi connectivity index (χ1n) is 14.7. The Hall–Kier alpha value is -4.70. The molecule has 53 heavy (non-hydrogen) atoms. The summed E-state index contributed by atoms with van der Waals surface area (Å²) in [6.07, 6.45) is -1.16. The molecule has 2 heterocycles. The number of carboxylic acid groups (broad SMARTS) is 1. The highest BCUT2D eigenvalue weighted by Gasteiger charge is 2.26. The van der Waals surface area contributed by atoms with E-state index in [0.29, 0.717) is 16.5 Å². The Morgan fingerprint density at radius 1 is 0.736 bits per heavy atom. The molecule has 0 aliphatic heterocycles. The number of aliphatic carboxylic acids is 1. The van der Waals surface area contributed by atoms with Gasteiger partial charge >= 0.3 is 17.9 Å². The Bertz CT molecular complexity index is 2040. The van der Waals surface area contributed by atoms with Crippen LogP contribution < -0.4 is 10.2 Å². The Balaban J connectivity index is 0.000000303. The number of nitrogens with one attached hydrogen (secondary N) is 1. The second-order valence-electron chi connectivity index (χ2n) is 10.5. The number of carboxylic acids is 1. The molecule has 0 saturated heterocycles. The average molecular weight is 824 g/mol. The first-order chi connectivity index (χ1) is 24.8. The molecule has 4 rings (SSSR count). The summed E-state index contributed by atoms with van der Waals surface area (Å²) < 4.78 is 62.3. The number of aryl methyl sites for hydroxylation is 2. The molecular formula is C34H30Cl4F4N4O7. The van der Waals surface area contributed by atoms with Crippen LogP contribution >= 0.6 is 46.4 Å². The number of nitrogens with zero attached hydrogens (tertiary/aromatic N) is 3. The van der Waals surface area contributed by atoms with Crippen LogP contribution in [0.4, 0.5) is 29.2 Å². The van der Waals surface area contributed by atoms with E-state index < -0.39 is 70.0 Å². The summed E-state index contributed by atoms with van der Waals surface area (Å²) in [6, 6.07) is 6.51. The van der Waals surface area contributed by atoms with E-state index in [0.717, 1.165) is 42.0 Å². The molecule has 284 valence electrons. The van der Waals surface area contributed by atoms with Crippen molar-refractivity contribution in [2.75, 3.05) is 38.5 Å². The van der Waals surface area contributed by atoms with Crippen LogP contribution in [0.2, 0.25) is 20.1 Å². The van der Waals surface area contributed by atoms with Crippen LogP contribution in [0.1, 0.15) is 43.2 Å². The Kier molecular flexibility index (Phi) is 16.7. The number of halogens is 8. The Morgan fingerprint density at radius 3 is 1.60 bits per heavy atom. The van der Waals surface area contributed by atoms with E-state index >= 15 is 0 Å². The van der Waals surface area contributed by atoms with Crippen LogP contribution in [-0.4, -0.2) is 67.2 Å². The molecule has 4 aromatic rings. The van der Waals surface area contributed by atoms with E-state index in [1.807, 2.05) is 0 Å². The largest absolute Gasteiger partial charge is 0.481 e. The van der Waals surface area contributed by atoms with Crippen molar-refractivity contribution in [3.63, 3.8) is 0 Å². The number of hydrogen-bond donors (Lipinski definition) is 2. The second kappa shape index (κ2) is 19.9. The summed E-state index contributed by atoms with van der Waals surface area (Å²) in [5.74, 6) is -6.12. The lowest BCUT2D eigenvalue weighted by atomic mass is 10.1. The molecule has 0 spiro atoms. The zero-order valence-corrected chi connectivity index (χ0v) is 31.7. The SMILES string of the molecule is CNc1nc(C)cc(Cl)c1C(=O)OC.COC(=O)c1c(Cl)cc(C)nc1N(C)C(=O)Cc1c(F)ccc(F)c1Cl.O=C(O)Cc1c(F)ccc(F)c1Cl. The number of amides is 1. The van der Waals surface area contributed by atoms with Gasteiger partial charge in [-0.2, -0.15) is 0 Å². The van der Waals surface area contributed by atoms with Crippen molar-refractivity contribution < 1.29 is 51.3 Å². The number of benzene rings is 2. The molecule has 0 bridgehead atoms. The van der Waals surface area contributed by atoms with E-state index in [1.54, 1.807) is 27.0 Å². The fourth-order valence-corrected chi connectivity index (χ4v) is 5.35. The number of carbonyl (C=O) groups is 4. The van der Waals surface area contributed by atoms with Gasteiger partial charge in [0.05, 0.1) is 47.2 Å². The highest BCUT2D eigenvalue weighted by atomic mass is 35.5. The summed E-state index contributed by atoms with van der Waals surface area (Å²) in [7, 11) is 5.46. The fraction of sp³-hybridized carbons (Fsp3) is 0.235. The number of rotatable bonds is 8. The van der Waals surface area contributed by atoms with Gasteiger partial charge in [0, 0.05) is 36.6 Å². The number of hydrogen-bond acceptors (Lipinski definition) is 9. The normalized spacial score (nSPS) is 10.2. The van der Waals surface area contributed by atoms with Gasteiger partial charge in [0.1, 0.15) is 40.2 Å². The molecule has 0 aliphatic carbocycles. The highest BCUT2D eigenvalue weighted by Crippen LogP contribution is 2.29. The average Bonchev–Trinajstić information content (AvgIpc) is 3.10. The zero-order valence-electron chi connectivity index (χ0n) is 28.6. The molecule has 0 unspecified atom stereocenters. The summed E-state index contributed by atoms with van der Waals surface area (Å²) in [5, 5.41) is 10.6. The van der Waals surface area contributed by atoms with E-state index in [-0.39, 0.29) is 33.1 Å². The molecular weight excluding hydrogens is 794 g/mol. The van der Waals surface area contributed by atoms with Crippen molar-refractivity contribution in [3.8, 4) is 0 Å². The summed E-state index contributed by atoms with van der Waals surface area (Å²) in [5.41, 5.74) is 0.735. The van der Waals surface area contributed by atoms with Gasteiger partial charge in [-0.15, -0.1) is 0 Å². The van der Waals surface area contributed by atoms with Gasteiger partial charge in [-0.25, -0.2) is 37.1 Å². The van der Waals surface area contributed by atoms with Gasteiger partial charge in [-0.1, -0.05) is 46.4 Å². The summed E-state index contributed by atoms with van der Waals surface area (Å²) in [4.78, 5) is 55.4. The number of anilines is 2. The zero-order chi connectivity index (χ0) is 40.3. The van der Waals surface area contributed by atoms with E-state index in [9.17, 15) is 36.7 Å². The van der Waals surface area contributed by atoms with E-state index in [1.165, 1.54) is 20.2 Å². The van der Waals surface area contributed by atoms with Crippen molar-refractivity contribution in [1.29, 1.82) is 0 Å². The second-order valence-corrected chi connectivity index (χ2v) is 12.1. The molecule has 2 aromatic carbocycles. The summed E-state index contributed by atoms with van der Waals surface area (Å²) >= 11 is 23.1. The van der Waals surface area contributed by atoms with Gasteiger partial charge in [0.15, 0.2) is 5.82 Å². The highest BCUT2D eigenvalue weighted by molar-refractivity contribution is 6.35. The number of aromatic nitrogens is 2. The quantitative estimate of drug-likeness (QED) is 0.102. The molecule has 0 fully saturated rings. The van der Waals surface area contributed by atoms with E-state index in [4.69, 9.17) is 51.5 Å². The topological polar surface area (TPSA) is 148 Å². The number of esters is 2. The number of carbonyl (C=O) groups excluding carboxylic acids is 3. The molecule has 2 aromatic heterocycles. The van der Waals surface area contributed by atoms with Gasteiger partial charge in [-0.05, 0) is 50.2 Å². The first-order valence-corrected chi connectivity index (χ1v) is 16.2. The smallest absolute Gasteiger partial charge is 0.343 e. The van der Waals surface area contributed by atoms with Crippen molar-refractivity contribution in [2.45, 2.75) is 26.7 Å². The molecule has 0 saturated carbocycles. The molecule has 11 nitrogen and oxygen atoms in total. The Labute approximate surface area is 320 Å². The van der Waals surface area contributed by atoms with Crippen molar-refractivity contribution in [2.24, 2.45) is 0 Å². The predicted octanol–water partition coefficient (Wildman–Crippen LogP) is 8.08. The standard InChI is InChI=1S/C17H14Cl2F2N2O3.C9H11ClN2O2.C8H5ClF2O2/c1-8-6-10(18)14(17(25)26-3)16(22-8)23(2)13(24)7-9-11(20)4-5-12(21)15(9)19;1-5-4-6(10)7(9(13)14-3)8(11-2)12-5;9-8-4(3-7(12)13)5(10)1-2-6(8)11/h4-6H,7H2,1-3H3;4H,1-3H3,(H,11,12);1-2H,3H2,(H,12,13). The molecule has 0 aliphatic rings. The fourth-order valence-electron chi connectivity index (χ4n) is 4.26. The van der Waals surface area contributed by atoms with Crippen LogP contribution in [0.3, 0.4) is 0 Å². The third-order valence-corrected chi connectivity index (χ3v) is 8.23.